The van der Waals surface area contributed by atoms with Crippen LogP contribution in [0.1, 0.15) is 49.7 Å². The third-order valence-electron chi connectivity index (χ3n) is 4.04. The lowest BCUT2D eigenvalue weighted by Crippen LogP contribution is -2.04. The molecule has 20 heavy (non-hydrogen) atoms. The molecule has 2 rings (SSSR count). The van der Waals surface area contributed by atoms with E-state index in [1.807, 2.05) is 24.3 Å². The van der Waals surface area contributed by atoms with Gasteiger partial charge >= 0.3 is 0 Å². The molecule has 2 heteroatoms. The normalized spacial score (nSPS) is 13.9. The summed E-state index contributed by atoms with van der Waals surface area (Å²) in [5, 5.41) is 0. The van der Waals surface area contributed by atoms with Crippen LogP contribution >= 0.6 is 0 Å². The second-order valence-electron chi connectivity index (χ2n) is 5.58. The van der Waals surface area contributed by atoms with Crippen molar-refractivity contribution >= 4 is 11.4 Å². The zero-order chi connectivity index (χ0) is 14.5. The van der Waals surface area contributed by atoms with Gasteiger partial charge in [-0.25, -0.2) is 0 Å². The molecule has 0 amide bonds. The molecule has 106 valence electrons. The van der Waals surface area contributed by atoms with Crippen LogP contribution in [0.2, 0.25) is 0 Å². The Balaban J connectivity index is 2.09. The SMILES string of the molecule is CCC(CC(C)c1ccc(N)cc1)c1ccc(N)cc1. The largest absolute Gasteiger partial charge is 0.399 e. The van der Waals surface area contributed by atoms with Gasteiger partial charge in [0.2, 0.25) is 0 Å². The maximum atomic E-state index is 5.76. The number of rotatable bonds is 5. The second kappa shape index (κ2) is 6.47. The highest BCUT2D eigenvalue weighted by atomic mass is 14.5. The van der Waals surface area contributed by atoms with Crippen LogP contribution in [-0.4, -0.2) is 0 Å². The number of hydrogen-bond acceptors (Lipinski definition) is 2. The van der Waals surface area contributed by atoms with Crippen molar-refractivity contribution in [2.75, 3.05) is 11.5 Å². The Bertz CT molecular complexity index is 528. The highest BCUT2D eigenvalue weighted by Gasteiger charge is 2.15. The molecule has 0 aromatic heterocycles. The summed E-state index contributed by atoms with van der Waals surface area (Å²) in [6.07, 6.45) is 2.29. The van der Waals surface area contributed by atoms with E-state index in [4.69, 9.17) is 11.5 Å². The molecule has 0 fully saturated rings. The molecular weight excluding hydrogens is 244 g/mol. The van der Waals surface area contributed by atoms with Gasteiger partial charge in [0.1, 0.15) is 0 Å². The van der Waals surface area contributed by atoms with Crippen molar-refractivity contribution in [3.05, 3.63) is 59.7 Å². The number of benzene rings is 2. The number of nitrogen functional groups attached to an aromatic ring is 2. The molecule has 2 aromatic rings. The standard InChI is InChI=1S/C18H24N2/c1-3-14(16-6-10-18(20)11-7-16)12-13(2)15-4-8-17(19)9-5-15/h4-11,13-14H,3,12,19-20H2,1-2H3. The van der Waals surface area contributed by atoms with Crippen LogP contribution in [0.4, 0.5) is 11.4 Å². The Kier molecular flexibility index (Phi) is 4.67. The maximum Gasteiger partial charge on any atom is 0.0314 e. The zero-order valence-corrected chi connectivity index (χ0v) is 12.3. The molecule has 0 heterocycles. The van der Waals surface area contributed by atoms with Crippen LogP contribution < -0.4 is 11.5 Å². The molecule has 2 atom stereocenters. The fourth-order valence-electron chi connectivity index (χ4n) is 2.69. The van der Waals surface area contributed by atoms with E-state index in [0.29, 0.717) is 11.8 Å². The first-order valence-corrected chi connectivity index (χ1v) is 7.31. The summed E-state index contributed by atoms with van der Waals surface area (Å²) in [6.45, 7) is 4.53. The summed E-state index contributed by atoms with van der Waals surface area (Å²) in [4.78, 5) is 0. The molecule has 2 aromatic carbocycles. The first-order valence-electron chi connectivity index (χ1n) is 7.31. The van der Waals surface area contributed by atoms with Gasteiger partial charge in [0.05, 0.1) is 0 Å². The number of nitrogens with two attached hydrogens (primary N) is 2. The Hall–Kier alpha value is -1.96. The van der Waals surface area contributed by atoms with E-state index in [0.717, 1.165) is 24.2 Å². The predicted molar refractivity (Wildman–Crippen MR) is 87.8 cm³/mol. The number of hydrogen-bond donors (Lipinski definition) is 2. The van der Waals surface area contributed by atoms with E-state index in [2.05, 4.69) is 38.1 Å². The van der Waals surface area contributed by atoms with Crippen molar-refractivity contribution in [1.29, 1.82) is 0 Å². The Morgan fingerprint density at radius 2 is 1.25 bits per heavy atom. The molecule has 0 saturated carbocycles. The monoisotopic (exact) mass is 268 g/mol. The average Bonchev–Trinajstić information content (AvgIpc) is 2.46. The van der Waals surface area contributed by atoms with Crippen molar-refractivity contribution in [3.63, 3.8) is 0 Å². The molecule has 0 aliphatic carbocycles. The summed E-state index contributed by atoms with van der Waals surface area (Å²) >= 11 is 0. The van der Waals surface area contributed by atoms with Gasteiger partial charge in [-0.1, -0.05) is 38.1 Å². The highest BCUT2D eigenvalue weighted by molar-refractivity contribution is 5.41. The molecule has 2 nitrogen and oxygen atoms in total. The van der Waals surface area contributed by atoms with Crippen molar-refractivity contribution in [3.8, 4) is 0 Å². The van der Waals surface area contributed by atoms with Gasteiger partial charge in [-0.05, 0) is 60.1 Å². The maximum absolute atomic E-state index is 5.76. The first kappa shape index (κ1) is 14.4. The summed E-state index contributed by atoms with van der Waals surface area (Å²) in [5.41, 5.74) is 15.9. The molecular formula is C18H24N2. The molecule has 2 unspecified atom stereocenters. The van der Waals surface area contributed by atoms with Gasteiger partial charge in [-0.15, -0.1) is 0 Å². The lowest BCUT2D eigenvalue weighted by Gasteiger charge is -2.21. The van der Waals surface area contributed by atoms with Gasteiger partial charge in [-0.3, -0.25) is 0 Å². The lowest BCUT2D eigenvalue weighted by molar-refractivity contribution is 0.544. The quantitative estimate of drug-likeness (QED) is 0.782. The zero-order valence-electron chi connectivity index (χ0n) is 12.3. The van der Waals surface area contributed by atoms with Crippen molar-refractivity contribution in [2.45, 2.75) is 38.5 Å². The minimum atomic E-state index is 0.526. The van der Waals surface area contributed by atoms with E-state index >= 15 is 0 Å². The van der Waals surface area contributed by atoms with E-state index in [1.165, 1.54) is 11.1 Å². The average molecular weight is 268 g/mol. The first-order chi connectivity index (χ1) is 9.60. The molecule has 0 bridgehead atoms. The molecule has 0 aliphatic rings. The van der Waals surface area contributed by atoms with Crippen LogP contribution in [-0.2, 0) is 0 Å². The van der Waals surface area contributed by atoms with Crippen LogP contribution in [0, 0.1) is 0 Å². The third-order valence-corrected chi connectivity index (χ3v) is 4.04. The highest BCUT2D eigenvalue weighted by Crippen LogP contribution is 2.32. The Labute approximate surface area is 121 Å². The van der Waals surface area contributed by atoms with Gasteiger partial charge in [0.15, 0.2) is 0 Å². The Morgan fingerprint density at radius 3 is 1.70 bits per heavy atom. The summed E-state index contributed by atoms with van der Waals surface area (Å²) in [6, 6.07) is 16.5. The lowest BCUT2D eigenvalue weighted by atomic mass is 9.84. The van der Waals surface area contributed by atoms with E-state index < -0.39 is 0 Å². The van der Waals surface area contributed by atoms with Gasteiger partial charge < -0.3 is 11.5 Å². The van der Waals surface area contributed by atoms with Gasteiger partial charge in [0.25, 0.3) is 0 Å². The molecule has 4 N–H and O–H groups in total. The van der Waals surface area contributed by atoms with E-state index in [1.54, 1.807) is 0 Å². The summed E-state index contributed by atoms with van der Waals surface area (Å²) < 4.78 is 0. The van der Waals surface area contributed by atoms with E-state index in [-0.39, 0.29) is 0 Å². The predicted octanol–water partition coefficient (Wildman–Crippen LogP) is 4.54. The molecule has 0 spiro atoms. The minimum Gasteiger partial charge on any atom is -0.399 e. The number of anilines is 2. The smallest absolute Gasteiger partial charge is 0.0314 e. The van der Waals surface area contributed by atoms with Crippen LogP contribution in [0.25, 0.3) is 0 Å². The van der Waals surface area contributed by atoms with Gasteiger partial charge in [-0.2, -0.15) is 0 Å². The van der Waals surface area contributed by atoms with E-state index in [9.17, 15) is 0 Å². The fraction of sp³-hybridized carbons (Fsp3) is 0.333. The van der Waals surface area contributed by atoms with Crippen molar-refractivity contribution in [2.24, 2.45) is 0 Å². The molecule has 0 radical (unpaired) electrons. The van der Waals surface area contributed by atoms with Crippen LogP contribution in [0.15, 0.2) is 48.5 Å². The summed E-state index contributed by atoms with van der Waals surface area (Å²) in [5.74, 6) is 1.10. The topological polar surface area (TPSA) is 52.0 Å². The van der Waals surface area contributed by atoms with Crippen LogP contribution in [0.3, 0.4) is 0 Å². The molecule has 0 aliphatic heterocycles. The minimum absolute atomic E-state index is 0.526. The Morgan fingerprint density at radius 1 is 0.800 bits per heavy atom. The fourth-order valence-corrected chi connectivity index (χ4v) is 2.69. The third kappa shape index (κ3) is 3.53. The van der Waals surface area contributed by atoms with Crippen molar-refractivity contribution in [1.82, 2.24) is 0 Å². The molecule has 0 saturated heterocycles. The van der Waals surface area contributed by atoms with Crippen LogP contribution in [0.5, 0.6) is 0 Å². The second-order valence-corrected chi connectivity index (χ2v) is 5.58. The summed E-state index contributed by atoms with van der Waals surface area (Å²) in [7, 11) is 0. The van der Waals surface area contributed by atoms with Crippen molar-refractivity contribution < 1.29 is 0 Å². The van der Waals surface area contributed by atoms with Gasteiger partial charge in [0, 0.05) is 11.4 Å².